The summed E-state index contributed by atoms with van der Waals surface area (Å²) in [6.45, 7) is 4.10. The van der Waals surface area contributed by atoms with Gasteiger partial charge in [0.1, 0.15) is 5.75 Å². The van der Waals surface area contributed by atoms with Crippen LogP contribution in [0.25, 0.3) is 5.65 Å². The third-order valence-corrected chi connectivity index (χ3v) is 3.18. The molecule has 0 atom stereocenters. The predicted octanol–water partition coefficient (Wildman–Crippen LogP) is 2.42. The lowest BCUT2D eigenvalue weighted by Crippen LogP contribution is -2.10. The van der Waals surface area contributed by atoms with Crippen LogP contribution >= 0.6 is 0 Å². The minimum absolute atomic E-state index is 0.411. The second-order valence-corrected chi connectivity index (χ2v) is 4.58. The maximum Gasteiger partial charge on any atom is 0.265 e. The zero-order valence-corrected chi connectivity index (χ0v) is 11.3. The summed E-state index contributed by atoms with van der Waals surface area (Å²) < 4.78 is 7.64. The van der Waals surface area contributed by atoms with Gasteiger partial charge in [-0.25, -0.2) is 10.8 Å². The van der Waals surface area contributed by atoms with Gasteiger partial charge in [0.15, 0.2) is 5.82 Å². The van der Waals surface area contributed by atoms with Gasteiger partial charge in [0, 0.05) is 12.4 Å². The Balaban J connectivity index is 2.04. The summed E-state index contributed by atoms with van der Waals surface area (Å²) in [5.41, 5.74) is 5.54. The Kier molecular flexibility index (Phi) is 3.00. The van der Waals surface area contributed by atoms with Crippen molar-refractivity contribution < 1.29 is 4.74 Å². The number of hydrogen-bond donors (Lipinski definition) is 2. The molecule has 3 aromatic rings. The number of rotatable bonds is 3. The third kappa shape index (κ3) is 2.17. The lowest BCUT2D eigenvalue weighted by Gasteiger charge is -2.09. The summed E-state index contributed by atoms with van der Waals surface area (Å²) in [6.07, 6.45) is 5.24. The van der Waals surface area contributed by atoms with E-state index in [-0.39, 0.29) is 0 Å². The first-order chi connectivity index (χ1) is 9.67. The molecule has 0 aliphatic carbocycles. The molecule has 6 heteroatoms. The molecule has 0 amide bonds. The van der Waals surface area contributed by atoms with E-state index in [1.807, 2.05) is 31.3 Å². The molecule has 0 spiro atoms. The number of imidazole rings is 1. The Hall–Kier alpha value is -2.60. The maximum absolute atomic E-state index is 5.84. The van der Waals surface area contributed by atoms with Gasteiger partial charge in [0.05, 0.1) is 6.20 Å². The van der Waals surface area contributed by atoms with E-state index in [2.05, 4.69) is 22.3 Å². The number of nitrogen functional groups attached to an aromatic ring is 1. The minimum atomic E-state index is 0.411. The number of aryl methyl sites for hydroxylation is 2. The summed E-state index contributed by atoms with van der Waals surface area (Å²) in [5.74, 6) is 7.06. The van der Waals surface area contributed by atoms with E-state index >= 15 is 0 Å². The molecular weight excluding hydrogens is 254 g/mol. The topological polar surface area (TPSA) is 77.5 Å². The quantitative estimate of drug-likeness (QED) is 0.564. The number of aromatic nitrogens is 3. The van der Waals surface area contributed by atoms with Crippen LogP contribution in [0.3, 0.4) is 0 Å². The van der Waals surface area contributed by atoms with Crippen LogP contribution in [0.1, 0.15) is 11.1 Å². The standard InChI is InChI=1S/C14H15N5O/c1-9-3-4-11(7-10(9)2)20-14-13-16-5-6-19(13)8-12(17-14)18-15/h3-8,18H,15H2,1-2H3. The molecule has 0 aliphatic heterocycles. The first-order valence-corrected chi connectivity index (χ1v) is 6.23. The van der Waals surface area contributed by atoms with Crippen LogP contribution < -0.4 is 16.0 Å². The summed E-state index contributed by atoms with van der Waals surface area (Å²) >= 11 is 0. The highest BCUT2D eigenvalue weighted by atomic mass is 16.5. The van der Waals surface area contributed by atoms with E-state index < -0.39 is 0 Å². The van der Waals surface area contributed by atoms with E-state index in [0.717, 1.165) is 11.3 Å². The molecule has 102 valence electrons. The van der Waals surface area contributed by atoms with E-state index in [1.54, 1.807) is 16.8 Å². The van der Waals surface area contributed by atoms with Crippen molar-refractivity contribution in [3.05, 3.63) is 47.9 Å². The second kappa shape index (κ2) is 4.82. The van der Waals surface area contributed by atoms with Crippen LogP contribution in [0.2, 0.25) is 0 Å². The number of nitrogens with zero attached hydrogens (tertiary/aromatic N) is 3. The fourth-order valence-corrected chi connectivity index (χ4v) is 1.93. The van der Waals surface area contributed by atoms with Crippen LogP contribution in [0.15, 0.2) is 36.8 Å². The SMILES string of the molecule is Cc1ccc(Oc2nc(NN)cn3ccnc23)cc1C. The lowest BCUT2D eigenvalue weighted by molar-refractivity contribution is 0.465. The van der Waals surface area contributed by atoms with Gasteiger partial charge in [-0.2, -0.15) is 4.98 Å². The second-order valence-electron chi connectivity index (χ2n) is 4.58. The van der Waals surface area contributed by atoms with Crippen LogP contribution in [0.4, 0.5) is 5.82 Å². The van der Waals surface area contributed by atoms with Crippen molar-refractivity contribution in [2.75, 3.05) is 5.43 Å². The molecule has 20 heavy (non-hydrogen) atoms. The normalized spacial score (nSPS) is 10.8. The number of nitrogens with one attached hydrogen (secondary N) is 1. The Morgan fingerprint density at radius 3 is 2.85 bits per heavy atom. The van der Waals surface area contributed by atoms with Gasteiger partial charge in [-0.15, -0.1) is 0 Å². The minimum Gasteiger partial charge on any atom is -0.436 e. The van der Waals surface area contributed by atoms with Gasteiger partial charge in [0.2, 0.25) is 5.65 Å². The molecule has 2 heterocycles. The highest BCUT2D eigenvalue weighted by molar-refractivity contribution is 5.55. The van der Waals surface area contributed by atoms with Gasteiger partial charge in [-0.05, 0) is 37.1 Å². The first kappa shape index (κ1) is 12.4. The average molecular weight is 269 g/mol. The van der Waals surface area contributed by atoms with Crippen molar-refractivity contribution in [1.82, 2.24) is 14.4 Å². The lowest BCUT2D eigenvalue weighted by atomic mass is 10.1. The molecule has 0 saturated carbocycles. The van der Waals surface area contributed by atoms with Crippen LogP contribution in [-0.2, 0) is 0 Å². The summed E-state index contributed by atoms with van der Waals surface area (Å²) in [6, 6.07) is 5.89. The molecule has 0 aliphatic rings. The fourth-order valence-electron chi connectivity index (χ4n) is 1.93. The largest absolute Gasteiger partial charge is 0.436 e. The molecule has 0 radical (unpaired) electrons. The number of nitrogens with two attached hydrogens (primary N) is 1. The van der Waals surface area contributed by atoms with Crippen molar-refractivity contribution in [3.63, 3.8) is 0 Å². The highest BCUT2D eigenvalue weighted by Crippen LogP contribution is 2.26. The summed E-state index contributed by atoms with van der Waals surface area (Å²) in [4.78, 5) is 8.53. The molecule has 1 aromatic carbocycles. The predicted molar refractivity (Wildman–Crippen MR) is 76.8 cm³/mol. The summed E-state index contributed by atoms with van der Waals surface area (Å²) in [7, 11) is 0. The Labute approximate surface area is 116 Å². The average Bonchev–Trinajstić information content (AvgIpc) is 2.91. The molecule has 6 nitrogen and oxygen atoms in total. The van der Waals surface area contributed by atoms with Crippen molar-refractivity contribution in [2.45, 2.75) is 13.8 Å². The zero-order chi connectivity index (χ0) is 14.1. The van der Waals surface area contributed by atoms with Crippen molar-refractivity contribution in [2.24, 2.45) is 5.84 Å². The molecule has 0 unspecified atom stereocenters. The molecule has 3 N–H and O–H groups in total. The fraction of sp³-hybridized carbons (Fsp3) is 0.143. The van der Waals surface area contributed by atoms with Crippen molar-refractivity contribution in [1.29, 1.82) is 0 Å². The van der Waals surface area contributed by atoms with Gasteiger partial charge >= 0.3 is 0 Å². The molecule has 0 saturated heterocycles. The van der Waals surface area contributed by atoms with Gasteiger partial charge in [0.25, 0.3) is 5.88 Å². The van der Waals surface area contributed by atoms with Crippen LogP contribution in [0.5, 0.6) is 11.6 Å². The van der Waals surface area contributed by atoms with E-state index in [1.165, 1.54) is 5.56 Å². The Morgan fingerprint density at radius 1 is 1.25 bits per heavy atom. The number of hydrogen-bond acceptors (Lipinski definition) is 5. The monoisotopic (exact) mass is 269 g/mol. The number of benzene rings is 1. The van der Waals surface area contributed by atoms with Gasteiger partial charge in [-0.3, -0.25) is 4.40 Å². The molecule has 0 bridgehead atoms. The highest BCUT2D eigenvalue weighted by Gasteiger charge is 2.10. The van der Waals surface area contributed by atoms with Crippen LogP contribution in [0, 0.1) is 13.8 Å². The third-order valence-electron chi connectivity index (χ3n) is 3.18. The van der Waals surface area contributed by atoms with Gasteiger partial charge < -0.3 is 10.2 Å². The number of hydrazine groups is 1. The van der Waals surface area contributed by atoms with E-state index in [0.29, 0.717) is 17.3 Å². The van der Waals surface area contributed by atoms with Crippen molar-refractivity contribution >= 4 is 11.5 Å². The van der Waals surface area contributed by atoms with E-state index in [4.69, 9.17) is 10.6 Å². The molecular formula is C14H15N5O. The number of fused-ring (bicyclic) bond motifs is 1. The molecule has 2 aromatic heterocycles. The smallest absolute Gasteiger partial charge is 0.265 e. The van der Waals surface area contributed by atoms with E-state index in [9.17, 15) is 0 Å². The molecule has 3 rings (SSSR count). The van der Waals surface area contributed by atoms with Crippen LogP contribution in [-0.4, -0.2) is 14.4 Å². The number of anilines is 1. The van der Waals surface area contributed by atoms with Crippen molar-refractivity contribution in [3.8, 4) is 11.6 Å². The first-order valence-electron chi connectivity index (χ1n) is 6.23. The zero-order valence-electron chi connectivity index (χ0n) is 11.3. The van der Waals surface area contributed by atoms with Gasteiger partial charge in [-0.1, -0.05) is 6.07 Å². The molecule has 0 fully saturated rings. The Morgan fingerprint density at radius 2 is 2.10 bits per heavy atom. The Bertz CT molecular complexity index is 765. The summed E-state index contributed by atoms with van der Waals surface area (Å²) in [5, 5.41) is 0. The number of ether oxygens (including phenoxy) is 1. The maximum atomic E-state index is 5.84.